The monoisotopic (exact) mass is 254 g/mol. The first-order valence-electron chi connectivity index (χ1n) is 6.17. The second kappa shape index (κ2) is 5.80. The van der Waals surface area contributed by atoms with Gasteiger partial charge in [0.05, 0.1) is 11.8 Å². The molecule has 1 aromatic rings. The van der Waals surface area contributed by atoms with Crippen molar-refractivity contribution in [1.29, 1.82) is 0 Å². The molecule has 0 radical (unpaired) electrons. The Hall–Kier alpha value is -0.640. The largest absolute Gasteiger partial charge is 0.393 e. The van der Waals surface area contributed by atoms with Crippen LogP contribution in [0.25, 0.3) is 0 Å². The van der Waals surface area contributed by atoms with Gasteiger partial charge in [-0.3, -0.25) is 4.90 Å². The number of halogens is 1. The molecule has 17 heavy (non-hydrogen) atoms. The van der Waals surface area contributed by atoms with E-state index in [1.54, 1.807) is 6.07 Å². The van der Waals surface area contributed by atoms with Crippen LogP contribution in [0.2, 0.25) is 5.15 Å². The van der Waals surface area contributed by atoms with E-state index < -0.39 is 0 Å². The number of aliphatic hydroxyl groups is 1. The molecule has 0 spiro atoms. The average Bonchev–Trinajstić information content (AvgIpc) is 2.29. The maximum absolute atomic E-state index is 9.54. The van der Waals surface area contributed by atoms with Crippen LogP contribution in [0.4, 0.5) is 0 Å². The van der Waals surface area contributed by atoms with E-state index in [1.165, 1.54) is 0 Å². The fraction of sp³-hybridized carbons (Fsp3) is 0.615. The Bertz CT molecular complexity index is 362. The lowest BCUT2D eigenvalue weighted by atomic mass is 9.92. The summed E-state index contributed by atoms with van der Waals surface area (Å²) in [6, 6.07) is 5.74. The molecule has 0 aromatic carbocycles. The van der Waals surface area contributed by atoms with E-state index in [4.69, 9.17) is 11.6 Å². The molecule has 1 unspecified atom stereocenters. The summed E-state index contributed by atoms with van der Waals surface area (Å²) >= 11 is 5.86. The van der Waals surface area contributed by atoms with Gasteiger partial charge in [-0.15, -0.1) is 0 Å². The van der Waals surface area contributed by atoms with Gasteiger partial charge in [0, 0.05) is 6.54 Å². The van der Waals surface area contributed by atoms with E-state index in [9.17, 15) is 5.11 Å². The molecule has 0 amide bonds. The zero-order chi connectivity index (χ0) is 12.3. The summed E-state index contributed by atoms with van der Waals surface area (Å²) in [6.07, 6.45) is 1.96. The highest BCUT2D eigenvalue weighted by molar-refractivity contribution is 6.29. The standard InChI is InChI=1S/C13H19ClN2O/c1-10(17)11-5-7-16(8-6-11)9-12-3-2-4-13(14)15-12/h2-4,10-11,17H,5-9H2,1H3. The smallest absolute Gasteiger partial charge is 0.129 e. The Kier molecular flexibility index (Phi) is 4.37. The number of nitrogens with zero attached hydrogens (tertiary/aromatic N) is 2. The van der Waals surface area contributed by atoms with Gasteiger partial charge >= 0.3 is 0 Å². The van der Waals surface area contributed by atoms with Gasteiger partial charge in [-0.1, -0.05) is 17.7 Å². The Labute approximate surface area is 107 Å². The third kappa shape index (κ3) is 3.66. The van der Waals surface area contributed by atoms with Crippen LogP contribution < -0.4 is 0 Å². The van der Waals surface area contributed by atoms with E-state index in [1.807, 2.05) is 19.1 Å². The summed E-state index contributed by atoms with van der Waals surface area (Å²) in [5, 5.41) is 10.1. The molecule has 0 saturated carbocycles. The molecule has 1 saturated heterocycles. The second-order valence-corrected chi connectivity index (χ2v) is 5.19. The third-order valence-corrected chi connectivity index (χ3v) is 3.68. The summed E-state index contributed by atoms with van der Waals surface area (Å²) < 4.78 is 0. The first-order valence-corrected chi connectivity index (χ1v) is 6.55. The SMILES string of the molecule is CC(O)C1CCN(Cc2cccc(Cl)n2)CC1. The number of piperidine rings is 1. The van der Waals surface area contributed by atoms with E-state index in [0.717, 1.165) is 38.2 Å². The molecule has 2 rings (SSSR count). The zero-order valence-electron chi connectivity index (χ0n) is 10.1. The van der Waals surface area contributed by atoms with E-state index in [0.29, 0.717) is 11.1 Å². The summed E-state index contributed by atoms with van der Waals surface area (Å²) in [7, 11) is 0. The van der Waals surface area contributed by atoms with Gasteiger partial charge in [-0.2, -0.15) is 0 Å². The summed E-state index contributed by atoms with van der Waals surface area (Å²) in [5.74, 6) is 0.457. The van der Waals surface area contributed by atoms with Crippen molar-refractivity contribution in [2.24, 2.45) is 5.92 Å². The first kappa shape index (κ1) is 12.8. The number of likely N-dealkylation sites (tertiary alicyclic amines) is 1. The molecular weight excluding hydrogens is 236 g/mol. The summed E-state index contributed by atoms with van der Waals surface area (Å²) in [4.78, 5) is 6.67. The molecule has 1 N–H and O–H groups in total. The average molecular weight is 255 g/mol. The predicted octanol–water partition coefficient (Wildman–Crippen LogP) is 2.33. The topological polar surface area (TPSA) is 36.4 Å². The fourth-order valence-electron chi connectivity index (χ4n) is 2.36. The minimum Gasteiger partial charge on any atom is -0.393 e. The predicted molar refractivity (Wildman–Crippen MR) is 68.9 cm³/mol. The number of rotatable bonds is 3. The lowest BCUT2D eigenvalue weighted by molar-refractivity contribution is 0.0691. The van der Waals surface area contributed by atoms with Crippen LogP contribution in [0.3, 0.4) is 0 Å². The molecule has 1 atom stereocenters. The van der Waals surface area contributed by atoms with Crippen LogP contribution in [0.15, 0.2) is 18.2 Å². The number of aliphatic hydroxyl groups excluding tert-OH is 1. The minimum atomic E-state index is -0.179. The Morgan fingerprint density at radius 1 is 1.47 bits per heavy atom. The van der Waals surface area contributed by atoms with Crippen LogP contribution in [-0.4, -0.2) is 34.2 Å². The molecule has 94 valence electrons. The van der Waals surface area contributed by atoms with Crippen LogP contribution in [-0.2, 0) is 6.54 Å². The number of hydrogen-bond acceptors (Lipinski definition) is 3. The van der Waals surface area contributed by atoms with E-state index in [2.05, 4.69) is 9.88 Å². The van der Waals surface area contributed by atoms with Crippen molar-refractivity contribution >= 4 is 11.6 Å². The van der Waals surface area contributed by atoms with Crippen molar-refractivity contribution in [3.63, 3.8) is 0 Å². The van der Waals surface area contributed by atoms with Crippen molar-refractivity contribution in [2.45, 2.75) is 32.4 Å². The van der Waals surface area contributed by atoms with E-state index in [-0.39, 0.29) is 6.10 Å². The van der Waals surface area contributed by atoms with Crippen molar-refractivity contribution in [3.8, 4) is 0 Å². The maximum Gasteiger partial charge on any atom is 0.129 e. The molecule has 1 aliphatic rings. The van der Waals surface area contributed by atoms with Crippen molar-refractivity contribution in [2.75, 3.05) is 13.1 Å². The van der Waals surface area contributed by atoms with E-state index >= 15 is 0 Å². The fourth-order valence-corrected chi connectivity index (χ4v) is 2.54. The molecule has 1 aliphatic heterocycles. The number of hydrogen-bond donors (Lipinski definition) is 1. The van der Waals surface area contributed by atoms with Crippen molar-refractivity contribution in [3.05, 3.63) is 29.0 Å². The van der Waals surface area contributed by atoms with Gasteiger partial charge in [0.25, 0.3) is 0 Å². The van der Waals surface area contributed by atoms with Gasteiger partial charge < -0.3 is 5.11 Å². The summed E-state index contributed by atoms with van der Waals surface area (Å²) in [6.45, 7) is 4.81. The molecule has 1 fully saturated rings. The van der Waals surface area contributed by atoms with Crippen LogP contribution in [0.1, 0.15) is 25.5 Å². The highest BCUT2D eigenvalue weighted by Crippen LogP contribution is 2.21. The molecule has 0 aliphatic carbocycles. The molecule has 4 heteroatoms. The highest BCUT2D eigenvalue weighted by atomic mass is 35.5. The minimum absolute atomic E-state index is 0.179. The van der Waals surface area contributed by atoms with Crippen LogP contribution in [0.5, 0.6) is 0 Å². The quantitative estimate of drug-likeness (QED) is 0.841. The normalized spacial score (nSPS) is 20.4. The number of aromatic nitrogens is 1. The highest BCUT2D eigenvalue weighted by Gasteiger charge is 2.22. The lowest BCUT2D eigenvalue weighted by Gasteiger charge is -2.32. The maximum atomic E-state index is 9.54. The van der Waals surface area contributed by atoms with Crippen molar-refractivity contribution in [1.82, 2.24) is 9.88 Å². The van der Waals surface area contributed by atoms with Crippen LogP contribution >= 0.6 is 11.6 Å². The molecular formula is C13H19ClN2O. The molecule has 1 aromatic heterocycles. The number of pyridine rings is 1. The molecule has 0 bridgehead atoms. The summed E-state index contributed by atoms with van der Waals surface area (Å²) in [5.41, 5.74) is 1.02. The Balaban J connectivity index is 1.86. The van der Waals surface area contributed by atoms with Crippen LogP contribution in [0, 0.1) is 5.92 Å². The van der Waals surface area contributed by atoms with Crippen molar-refractivity contribution < 1.29 is 5.11 Å². The Morgan fingerprint density at radius 2 is 2.18 bits per heavy atom. The molecule has 2 heterocycles. The lowest BCUT2D eigenvalue weighted by Crippen LogP contribution is -2.36. The van der Waals surface area contributed by atoms with Gasteiger partial charge in [0.15, 0.2) is 0 Å². The van der Waals surface area contributed by atoms with Gasteiger partial charge in [-0.25, -0.2) is 4.98 Å². The Morgan fingerprint density at radius 3 is 2.76 bits per heavy atom. The molecule has 3 nitrogen and oxygen atoms in total. The first-order chi connectivity index (χ1) is 8.15. The third-order valence-electron chi connectivity index (χ3n) is 3.47. The zero-order valence-corrected chi connectivity index (χ0v) is 10.9. The van der Waals surface area contributed by atoms with Gasteiger partial charge in [0.2, 0.25) is 0 Å². The second-order valence-electron chi connectivity index (χ2n) is 4.81. The van der Waals surface area contributed by atoms with Gasteiger partial charge in [0.1, 0.15) is 5.15 Å². The van der Waals surface area contributed by atoms with Gasteiger partial charge in [-0.05, 0) is 50.9 Å².